The fourth-order valence-electron chi connectivity index (χ4n) is 8.32. The quantitative estimate of drug-likeness (QED) is 0.0261. The average molecular weight is 954 g/mol. The predicted molar refractivity (Wildman–Crippen MR) is 285 cm³/mol. The topological polar surface area (TPSA) is 149 Å². The molecule has 0 saturated carbocycles. The van der Waals surface area contributed by atoms with Gasteiger partial charge in [0.05, 0.1) is 25.4 Å². The van der Waals surface area contributed by atoms with Crippen LogP contribution in [-0.4, -0.2) is 87.5 Å². The van der Waals surface area contributed by atoms with Crippen molar-refractivity contribution >= 4 is 5.91 Å². The van der Waals surface area contributed by atoms with Crippen LogP contribution in [0.1, 0.15) is 226 Å². The zero-order valence-electron chi connectivity index (χ0n) is 43.3. The molecule has 0 bridgehead atoms. The molecule has 1 amide bonds. The third kappa shape index (κ3) is 37.2. The molecule has 1 rings (SSSR count). The first-order chi connectivity index (χ1) is 33.3. The van der Waals surface area contributed by atoms with Crippen LogP contribution < -0.4 is 5.32 Å². The second kappa shape index (κ2) is 48.0. The minimum atomic E-state index is -1.57. The van der Waals surface area contributed by atoms with Gasteiger partial charge in [-0.15, -0.1) is 0 Å². The van der Waals surface area contributed by atoms with E-state index in [4.69, 9.17) is 9.47 Å². The molecule has 7 atom stereocenters. The van der Waals surface area contributed by atoms with Crippen LogP contribution in [0.15, 0.2) is 85.1 Å². The first-order valence-electron chi connectivity index (χ1n) is 27.8. The standard InChI is InChI=1S/C59H103NO8/c1-3-5-7-9-11-13-15-16-17-18-19-20-21-22-23-24-25-26-27-28-29-30-31-32-33-34-35-36-37-38-39-41-43-45-47-49-55(63)60-52(51-67-59-58(66)57(65)56(64)54(50-61)68-59)53(62)48-46-44-42-40-14-12-10-8-6-4-2/h5,7,11,13-14,16-17,19-20,22-23,40,46,48,52-54,56-59,61-62,64-66H,3-4,6,8-10,12,15,18,21,24-39,41-45,47,49-51H2,1-2H3,(H,60,63)/b7-5-,13-11-,17-16-,20-19-,23-22-,40-14+,48-46+. The third-order valence-corrected chi connectivity index (χ3v) is 12.7. The summed E-state index contributed by atoms with van der Waals surface area (Å²) in [6, 6.07) is -0.822. The number of rotatable bonds is 46. The van der Waals surface area contributed by atoms with Gasteiger partial charge in [0.2, 0.25) is 5.91 Å². The maximum absolute atomic E-state index is 13.0. The zero-order valence-corrected chi connectivity index (χ0v) is 43.3. The fraction of sp³-hybridized carbons (Fsp3) is 0.746. The van der Waals surface area contributed by atoms with E-state index in [1.807, 2.05) is 6.08 Å². The second-order valence-electron chi connectivity index (χ2n) is 19.0. The molecule has 9 heteroatoms. The van der Waals surface area contributed by atoms with Gasteiger partial charge in [0.15, 0.2) is 6.29 Å². The Morgan fingerprint density at radius 1 is 0.515 bits per heavy atom. The molecule has 0 aromatic rings. The third-order valence-electron chi connectivity index (χ3n) is 12.7. The second-order valence-corrected chi connectivity index (χ2v) is 19.0. The summed E-state index contributed by atoms with van der Waals surface area (Å²) in [4.78, 5) is 13.0. The Kier molecular flexibility index (Phi) is 44.8. The summed E-state index contributed by atoms with van der Waals surface area (Å²) in [6.45, 7) is 3.60. The maximum Gasteiger partial charge on any atom is 0.220 e. The molecule has 1 aliphatic rings. The van der Waals surface area contributed by atoms with Gasteiger partial charge in [0.25, 0.3) is 0 Å². The SMILES string of the molecule is CC/C=C\C/C=C\C/C=C\C/C=C\C/C=C\CCCCCCCCCCCCCCCCCCCCCC(=O)NC(COC1OC(CO)C(O)C(O)C1O)C(O)/C=C/CC/C=C/CCCCCC. The number of amides is 1. The molecule has 7 unspecified atom stereocenters. The van der Waals surface area contributed by atoms with E-state index in [-0.39, 0.29) is 12.5 Å². The van der Waals surface area contributed by atoms with Crippen molar-refractivity contribution in [3.8, 4) is 0 Å². The maximum atomic E-state index is 13.0. The van der Waals surface area contributed by atoms with Crippen molar-refractivity contribution in [2.75, 3.05) is 13.2 Å². The molecule has 0 radical (unpaired) electrons. The van der Waals surface area contributed by atoms with Crippen molar-refractivity contribution in [3.63, 3.8) is 0 Å². The van der Waals surface area contributed by atoms with Gasteiger partial charge in [-0.1, -0.05) is 227 Å². The number of aliphatic hydroxyl groups is 5. The highest BCUT2D eigenvalue weighted by molar-refractivity contribution is 5.76. The highest BCUT2D eigenvalue weighted by Gasteiger charge is 2.44. The number of unbranched alkanes of at least 4 members (excludes halogenated alkanes) is 24. The van der Waals surface area contributed by atoms with E-state index in [1.165, 1.54) is 135 Å². The average Bonchev–Trinajstić information content (AvgIpc) is 3.34. The smallest absolute Gasteiger partial charge is 0.220 e. The van der Waals surface area contributed by atoms with Crippen LogP contribution >= 0.6 is 0 Å². The van der Waals surface area contributed by atoms with Gasteiger partial charge < -0.3 is 40.3 Å². The van der Waals surface area contributed by atoms with Gasteiger partial charge >= 0.3 is 0 Å². The Morgan fingerprint density at radius 3 is 1.41 bits per heavy atom. The van der Waals surface area contributed by atoms with Gasteiger partial charge in [0.1, 0.15) is 24.4 Å². The summed E-state index contributed by atoms with van der Waals surface area (Å²) in [5.74, 6) is -0.190. The van der Waals surface area contributed by atoms with Crippen molar-refractivity contribution < 1.29 is 39.8 Å². The summed E-state index contributed by atoms with van der Waals surface area (Å²) in [5, 5.41) is 54.2. The highest BCUT2D eigenvalue weighted by Crippen LogP contribution is 2.23. The summed E-state index contributed by atoms with van der Waals surface area (Å²) in [5.41, 5.74) is 0. The monoisotopic (exact) mass is 954 g/mol. The van der Waals surface area contributed by atoms with E-state index in [2.05, 4.69) is 92.1 Å². The van der Waals surface area contributed by atoms with Crippen LogP contribution in [0.2, 0.25) is 0 Å². The molecule has 1 aliphatic heterocycles. The number of hydrogen-bond acceptors (Lipinski definition) is 8. The molecule has 9 nitrogen and oxygen atoms in total. The van der Waals surface area contributed by atoms with Gasteiger partial charge in [-0.3, -0.25) is 4.79 Å². The molecule has 392 valence electrons. The lowest BCUT2D eigenvalue weighted by molar-refractivity contribution is -0.302. The van der Waals surface area contributed by atoms with Crippen molar-refractivity contribution in [1.82, 2.24) is 5.32 Å². The van der Waals surface area contributed by atoms with E-state index in [0.29, 0.717) is 6.42 Å². The first kappa shape index (κ1) is 63.4. The van der Waals surface area contributed by atoms with Crippen molar-refractivity contribution in [1.29, 1.82) is 0 Å². The lowest BCUT2D eigenvalue weighted by Gasteiger charge is -2.40. The largest absolute Gasteiger partial charge is 0.394 e. The number of hydrogen-bond donors (Lipinski definition) is 6. The highest BCUT2D eigenvalue weighted by atomic mass is 16.7. The molecule has 1 fully saturated rings. The lowest BCUT2D eigenvalue weighted by atomic mass is 9.99. The molecule has 0 aromatic heterocycles. The molecule has 0 spiro atoms. The molecule has 1 heterocycles. The van der Waals surface area contributed by atoms with Crippen molar-refractivity contribution in [3.05, 3.63) is 85.1 Å². The van der Waals surface area contributed by atoms with E-state index in [1.54, 1.807) is 6.08 Å². The Morgan fingerprint density at radius 2 is 0.926 bits per heavy atom. The van der Waals surface area contributed by atoms with Crippen LogP contribution in [0.4, 0.5) is 0 Å². The predicted octanol–water partition coefficient (Wildman–Crippen LogP) is 13.5. The molecular formula is C59H103NO8. The number of allylic oxidation sites excluding steroid dienone is 13. The van der Waals surface area contributed by atoms with Crippen LogP contribution in [0.3, 0.4) is 0 Å². The van der Waals surface area contributed by atoms with Gasteiger partial charge in [0, 0.05) is 6.42 Å². The van der Waals surface area contributed by atoms with E-state index < -0.39 is 49.5 Å². The molecule has 0 aliphatic carbocycles. The van der Waals surface area contributed by atoms with E-state index >= 15 is 0 Å². The Balaban J connectivity index is 2.08. The molecule has 68 heavy (non-hydrogen) atoms. The first-order valence-corrected chi connectivity index (χ1v) is 27.8. The normalized spacial score (nSPS) is 20.2. The van der Waals surface area contributed by atoms with E-state index in [9.17, 15) is 30.3 Å². The molecule has 6 N–H and O–H groups in total. The summed E-state index contributed by atoms with van der Waals surface area (Å²) in [6.07, 6.45) is 61.0. The minimum absolute atomic E-state index is 0.190. The summed E-state index contributed by atoms with van der Waals surface area (Å²) >= 11 is 0. The summed E-state index contributed by atoms with van der Waals surface area (Å²) < 4.78 is 11.2. The van der Waals surface area contributed by atoms with Crippen LogP contribution in [-0.2, 0) is 14.3 Å². The van der Waals surface area contributed by atoms with Gasteiger partial charge in [-0.2, -0.15) is 0 Å². The molecule has 0 aromatic carbocycles. The molecule has 1 saturated heterocycles. The van der Waals surface area contributed by atoms with Crippen LogP contribution in [0.5, 0.6) is 0 Å². The van der Waals surface area contributed by atoms with Crippen LogP contribution in [0, 0.1) is 0 Å². The summed E-state index contributed by atoms with van der Waals surface area (Å²) in [7, 11) is 0. The van der Waals surface area contributed by atoms with E-state index in [0.717, 1.165) is 70.6 Å². The van der Waals surface area contributed by atoms with Crippen LogP contribution in [0.25, 0.3) is 0 Å². The van der Waals surface area contributed by atoms with Gasteiger partial charge in [-0.25, -0.2) is 0 Å². The van der Waals surface area contributed by atoms with Crippen molar-refractivity contribution in [2.45, 2.75) is 269 Å². The Labute approximate surface area is 416 Å². The number of carbonyl (C=O) groups is 1. The Hall–Kier alpha value is -2.63. The number of carbonyl (C=O) groups excluding carboxylic acids is 1. The number of ether oxygens (including phenoxy) is 2. The Bertz CT molecular complexity index is 1340. The van der Waals surface area contributed by atoms with Crippen molar-refractivity contribution in [2.24, 2.45) is 0 Å². The van der Waals surface area contributed by atoms with Gasteiger partial charge in [-0.05, 0) is 77.0 Å². The molecular weight excluding hydrogens is 851 g/mol. The fourth-order valence-corrected chi connectivity index (χ4v) is 8.32. The lowest BCUT2D eigenvalue weighted by Crippen LogP contribution is -2.60. The minimum Gasteiger partial charge on any atom is -0.394 e. The zero-order chi connectivity index (χ0) is 49.4. The number of aliphatic hydroxyl groups excluding tert-OH is 5. The number of nitrogens with one attached hydrogen (secondary N) is 1.